The molecule has 160 valence electrons. The van der Waals surface area contributed by atoms with E-state index >= 15 is 0 Å². The molecule has 8 nitrogen and oxygen atoms in total. The number of sulfonamides is 1. The first-order valence-electron chi connectivity index (χ1n) is 9.48. The molecule has 1 aliphatic rings. The Morgan fingerprint density at radius 2 is 1.87 bits per heavy atom. The fourth-order valence-electron chi connectivity index (χ4n) is 3.04. The van der Waals surface area contributed by atoms with Crippen molar-refractivity contribution in [2.45, 2.75) is 38.3 Å². The third kappa shape index (κ3) is 4.63. The second-order valence-corrected chi connectivity index (χ2v) is 9.40. The summed E-state index contributed by atoms with van der Waals surface area (Å²) in [5.74, 6) is -0.419. The molecule has 2 amide bonds. The van der Waals surface area contributed by atoms with Crippen LogP contribution in [0, 0.1) is 13.8 Å². The number of anilines is 1. The minimum absolute atomic E-state index is 0.0263. The van der Waals surface area contributed by atoms with Gasteiger partial charge in [0, 0.05) is 19.7 Å². The lowest BCUT2D eigenvalue weighted by Crippen LogP contribution is -2.38. The Kier molecular flexibility index (Phi) is 6.14. The van der Waals surface area contributed by atoms with Gasteiger partial charge in [0.2, 0.25) is 15.9 Å². The molecule has 2 aromatic carbocycles. The number of carbonyl (C=O) groups is 2. The summed E-state index contributed by atoms with van der Waals surface area (Å²) < 4.78 is 32.6. The van der Waals surface area contributed by atoms with Crippen molar-refractivity contribution >= 4 is 27.5 Å². The van der Waals surface area contributed by atoms with Crippen molar-refractivity contribution in [3.63, 3.8) is 0 Å². The zero-order valence-electron chi connectivity index (χ0n) is 17.4. The molecular weight excluding hydrogens is 406 g/mol. The fraction of sp³-hybridized carbons (Fsp3) is 0.333. The van der Waals surface area contributed by atoms with Crippen LogP contribution in [0.25, 0.3) is 0 Å². The van der Waals surface area contributed by atoms with Gasteiger partial charge in [0.25, 0.3) is 5.91 Å². The highest BCUT2D eigenvalue weighted by Crippen LogP contribution is 2.35. The predicted octanol–water partition coefficient (Wildman–Crippen LogP) is 1.96. The van der Waals surface area contributed by atoms with Gasteiger partial charge in [0.1, 0.15) is 5.75 Å². The minimum Gasteiger partial charge on any atom is -0.479 e. The van der Waals surface area contributed by atoms with Crippen LogP contribution in [0.5, 0.6) is 5.75 Å². The van der Waals surface area contributed by atoms with Gasteiger partial charge in [0.05, 0.1) is 17.1 Å². The van der Waals surface area contributed by atoms with Crippen LogP contribution in [-0.2, 0) is 26.2 Å². The fourth-order valence-corrected chi connectivity index (χ4v) is 4.38. The number of likely N-dealkylation sites (N-methyl/N-ethyl adjacent to an activating group) is 1. The summed E-state index contributed by atoms with van der Waals surface area (Å²) in [7, 11) is -2.59. The monoisotopic (exact) mass is 431 g/mol. The maximum atomic E-state index is 13.0. The highest BCUT2D eigenvalue weighted by atomic mass is 32.2. The summed E-state index contributed by atoms with van der Waals surface area (Å²) in [5, 5.41) is 5.42. The lowest BCUT2D eigenvalue weighted by atomic mass is 10.1. The summed E-state index contributed by atoms with van der Waals surface area (Å²) >= 11 is 0. The van der Waals surface area contributed by atoms with Crippen molar-refractivity contribution in [1.29, 1.82) is 0 Å². The topological polar surface area (TPSA) is 105 Å². The highest BCUT2D eigenvalue weighted by Gasteiger charge is 2.30. The molecule has 0 fully saturated rings. The van der Waals surface area contributed by atoms with E-state index in [0.717, 1.165) is 15.4 Å². The standard InChI is InChI=1S/C21H25N3O5S/c1-13-5-7-16(8-6-13)11-22-20(25)12-24(4)30(27,28)19-10-18-17(9-14(19)2)23-21(26)15(3)29-18/h5-10,15H,11-12H2,1-4H3,(H,22,25)(H,23,26)/t15-/m1/s1. The zero-order chi connectivity index (χ0) is 22.1. The lowest BCUT2D eigenvalue weighted by molar-refractivity contribution is -0.123. The van der Waals surface area contributed by atoms with E-state index in [1.807, 2.05) is 31.2 Å². The number of nitrogens with one attached hydrogen (secondary N) is 2. The van der Waals surface area contributed by atoms with Gasteiger partial charge in [-0.05, 0) is 38.0 Å². The van der Waals surface area contributed by atoms with Crippen molar-refractivity contribution in [3.05, 3.63) is 53.1 Å². The molecule has 0 spiro atoms. The molecule has 1 atom stereocenters. The zero-order valence-corrected chi connectivity index (χ0v) is 18.2. The number of aryl methyl sites for hydroxylation is 2. The van der Waals surface area contributed by atoms with Crippen molar-refractivity contribution in [1.82, 2.24) is 9.62 Å². The molecule has 2 aromatic rings. The Morgan fingerprint density at radius 1 is 1.20 bits per heavy atom. The molecule has 0 aromatic heterocycles. The molecule has 30 heavy (non-hydrogen) atoms. The Balaban J connectivity index is 1.71. The number of carbonyl (C=O) groups excluding carboxylic acids is 2. The highest BCUT2D eigenvalue weighted by molar-refractivity contribution is 7.89. The van der Waals surface area contributed by atoms with Gasteiger partial charge in [-0.3, -0.25) is 9.59 Å². The average Bonchev–Trinajstić information content (AvgIpc) is 2.68. The lowest BCUT2D eigenvalue weighted by Gasteiger charge is -2.25. The van der Waals surface area contributed by atoms with Crippen LogP contribution in [0.3, 0.4) is 0 Å². The Bertz CT molecular complexity index is 1080. The minimum atomic E-state index is -3.94. The maximum Gasteiger partial charge on any atom is 0.265 e. The van der Waals surface area contributed by atoms with Crippen LogP contribution in [0.1, 0.15) is 23.6 Å². The van der Waals surface area contributed by atoms with Crippen LogP contribution >= 0.6 is 0 Å². The molecule has 0 saturated heterocycles. The van der Waals surface area contributed by atoms with E-state index in [1.54, 1.807) is 19.9 Å². The maximum absolute atomic E-state index is 13.0. The molecule has 2 N–H and O–H groups in total. The quantitative estimate of drug-likeness (QED) is 0.728. The first-order valence-corrected chi connectivity index (χ1v) is 10.9. The second kappa shape index (κ2) is 8.45. The largest absolute Gasteiger partial charge is 0.479 e. The summed E-state index contributed by atoms with van der Waals surface area (Å²) in [6.45, 7) is 5.18. The van der Waals surface area contributed by atoms with Crippen molar-refractivity contribution in [3.8, 4) is 5.75 Å². The van der Waals surface area contributed by atoms with Gasteiger partial charge in [-0.2, -0.15) is 4.31 Å². The van der Waals surface area contributed by atoms with E-state index in [4.69, 9.17) is 4.74 Å². The normalized spacial score (nSPS) is 15.9. The molecular formula is C21H25N3O5S. The molecule has 0 saturated carbocycles. The SMILES string of the molecule is Cc1ccc(CNC(=O)CN(C)S(=O)(=O)c2cc3c(cc2C)NC(=O)[C@@H](C)O3)cc1. The number of benzene rings is 2. The summed E-state index contributed by atoms with van der Waals surface area (Å²) in [6.07, 6.45) is -0.721. The van der Waals surface area contributed by atoms with Gasteiger partial charge in [-0.15, -0.1) is 0 Å². The number of nitrogens with zero attached hydrogens (tertiary/aromatic N) is 1. The summed E-state index contributed by atoms with van der Waals surface area (Å²) in [6, 6.07) is 10.6. The summed E-state index contributed by atoms with van der Waals surface area (Å²) in [5.41, 5.74) is 2.92. The van der Waals surface area contributed by atoms with Gasteiger partial charge in [-0.1, -0.05) is 29.8 Å². The number of ether oxygens (including phenoxy) is 1. The van der Waals surface area contributed by atoms with Crippen LogP contribution in [0.4, 0.5) is 5.69 Å². The molecule has 3 rings (SSSR count). The number of hydrogen-bond acceptors (Lipinski definition) is 5. The molecule has 0 bridgehead atoms. The third-order valence-corrected chi connectivity index (χ3v) is 6.82. The number of fused-ring (bicyclic) bond motifs is 1. The number of amides is 2. The van der Waals surface area contributed by atoms with Crippen molar-refractivity contribution in [2.24, 2.45) is 0 Å². The third-order valence-electron chi connectivity index (χ3n) is 4.87. The molecule has 9 heteroatoms. The van der Waals surface area contributed by atoms with Crippen LogP contribution in [0.15, 0.2) is 41.3 Å². The second-order valence-electron chi connectivity index (χ2n) is 7.39. The Hall–Kier alpha value is -2.91. The van der Waals surface area contributed by atoms with Crippen molar-refractivity contribution < 1.29 is 22.7 Å². The van der Waals surface area contributed by atoms with E-state index in [2.05, 4.69) is 10.6 Å². The first kappa shape index (κ1) is 21.8. The first-order chi connectivity index (χ1) is 14.1. The van der Waals surface area contributed by atoms with E-state index in [0.29, 0.717) is 17.8 Å². The summed E-state index contributed by atoms with van der Waals surface area (Å²) in [4.78, 5) is 24.1. The van der Waals surface area contributed by atoms with Gasteiger partial charge in [-0.25, -0.2) is 8.42 Å². The van der Waals surface area contributed by atoms with Gasteiger partial charge >= 0.3 is 0 Å². The predicted molar refractivity (Wildman–Crippen MR) is 113 cm³/mol. The number of rotatable bonds is 6. The molecule has 0 unspecified atom stereocenters. The van der Waals surface area contributed by atoms with E-state index < -0.39 is 22.0 Å². The van der Waals surface area contributed by atoms with Crippen LogP contribution < -0.4 is 15.4 Å². The molecule has 0 aliphatic carbocycles. The number of hydrogen-bond donors (Lipinski definition) is 2. The van der Waals surface area contributed by atoms with Gasteiger partial charge in [0.15, 0.2) is 6.10 Å². The Labute approximate surface area is 176 Å². The van der Waals surface area contributed by atoms with Crippen LogP contribution in [-0.4, -0.2) is 44.2 Å². The van der Waals surface area contributed by atoms with E-state index in [1.165, 1.54) is 13.1 Å². The smallest absolute Gasteiger partial charge is 0.265 e. The van der Waals surface area contributed by atoms with Crippen LogP contribution in [0.2, 0.25) is 0 Å². The Morgan fingerprint density at radius 3 is 2.53 bits per heavy atom. The molecule has 1 aliphatic heterocycles. The van der Waals surface area contributed by atoms with Gasteiger partial charge < -0.3 is 15.4 Å². The van der Waals surface area contributed by atoms with Crippen molar-refractivity contribution in [2.75, 3.05) is 18.9 Å². The average molecular weight is 432 g/mol. The molecule has 1 heterocycles. The molecule has 0 radical (unpaired) electrons. The van der Waals surface area contributed by atoms with E-state index in [9.17, 15) is 18.0 Å². The van der Waals surface area contributed by atoms with E-state index in [-0.39, 0.29) is 23.1 Å².